The van der Waals surface area contributed by atoms with Crippen LogP contribution in [-0.2, 0) is 10.3 Å². The summed E-state index contributed by atoms with van der Waals surface area (Å²) in [5.41, 5.74) is -0.419. The lowest BCUT2D eigenvalue weighted by Crippen LogP contribution is -2.47. The molecule has 3 amide bonds. The molecule has 1 spiro atoms. The molecule has 0 bridgehead atoms. The third-order valence-electron chi connectivity index (χ3n) is 3.57. The van der Waals surface area contributed by atoms with Gasteiger partial charge in [0, 0.05) is 0 Å². The van der Waals surface area contributed by atoms with E-state index in [0.29, 0.717) is 17.5 Å². The third kappa shape index (κ3) is 1.35. The van der Waals surface area contributed by atoms with E-state index < -0.39 is 29.4 Å². The van der Waals surface area contributed by atoms with E-state index in [2.05, 4.69) is 10.6 Å². The molecule has 0 radical (unpaired) electrons. The Labute approximate surface area is 102 Å². The summed E-state index contributed by atoms with van der Waals surface area (Å²) in [6.07, 6.45) is -0.148. The van der Waals surface area contributed by atoms with Crippen LogP contribution >= 0.6 is 0 Å². The van der Waals surface area contributed by atoms with Gasteiger partial charge in [0.25, 0.3) is 5.91 Å². The number of carbonyl (C=O) groups is 2. The predicted molar refractivity (Wildman–Crippen MR) is 58.9 cm³/mol. The number of rotatable bonds is 0. The molecule has 2 unspecified atom stereocenters. The monoisotopic (exact) mass is 250 g/mol. The van der Waals surface area contributed by atoms with Crippen LogP contribution in [0.3, 0.4) is 0 Å². The number of imide groups is 1. The summed E-state index contributed by atoms with van der Waals surface area (Å²) >= 11 is 0. The zero-order valence-corrected chi connectivity index (χ0v) is 9.37. The van der Waals surface area contributed by atoms with Gasteiger partial charge < -0.3 is 10.4 Å². The van der Waals surface area contributed by atoms with Crippen LogP contribution in [0.1, 0.15) is 30.1 Å². The Morgan fingerprint density at radius 3 is 2.83 bits per heavy atom. The first-order valence-corrected chi connectivity index (χ1v) is 5.64. The number of hydrogen-bond donors (Lipinski definition) is 3. The summed E-state index contributed by atoms with van der Waals surface area (Å²) in [6.45, 7) is 0. The molecule has 0 aromatic heterocycles. The van der Waals surface area contributed by atoms with Gasteiger partial charge in [-0.1, -0.05) is 6.07 Å². The lowest BCUT2D eigenvalue weighted by Gasteiger charge is -2.35. The number of benzene rings is 1. The van der Waals surface area contributed by atoms with Gasteiger partial charge in [-0.15, -0.1) is 0 Å². The van der Waals surface area contributed by atoms with Crippen molar-refractivity contribution in [1.82, 2.24) is 10.6 Å². The first kappa shape index (κ1) is 11.2. The van der Waals surface area contributed by atoms with Gasteiger partial charge in [-0.2, -0.15) is 0 Å². The molecule has 3 rings (SSSR count). The molecule has 1 saturated heterocycles. The molecule has 18 heavy (non-hydrogen) atoms. The van der Waals surface area contributed by atoms with Gasteiger partial charge in [0.2, 0.25) is 0 Å². The van der Waals surface area contributed by atoms with E-state index in [1.165, 1.54) is 18.2 Å². The van der Waals surface area contributed by atoms with Crippen LogP contribution in [0.25, 0.3) is 0 Å². The molecule has 1 aliphatic carbocycles. The lowest BCUT2D eigenvalue weighted by atomic mass is 9.75. The number of nitrogens with one attached hydrogen (secondary N) is 2. The fourth-order valence-electron chi connectivity index (χ4n) is 2.69. The standard InChI is InChI=1S/C12H11FN2O3/c13-6-1-2-7-8(5-6)12(4-3-9(7)16)10(17)14-11(18)15-12/h1-2,5,9,16H,3-4H2,(H2,14,15,17,18). The Balaban J connectivity index is 2.21. The minimum absolute atomic E-state index is 0.252. The van der Waals surface area contributed by atoms with Crippen molar-refractivity contribution < 1.29 is 19.1 Å². The summed E-state index contributed by atoms with van der Waals surface area (Å²) in [4.78, 5) is 23.2. The molecular formula is C12H11FN2O3. The SMILES string of the molecule is O=C1NC(=O)C2(CCC(O)c3ccc(F)cc32)N1. The van der Waals surface area contributed by atoms with E-state index in [4.69, 9.17) is 0 Å². The second-order valence-electron chi connectivity index (χ2n) is 4.60. The van der Waals surface area contributed by atoms with Gasteiger partial charge in [0.1, 0.15) is 11.4 Å². The summed E-state index contributed by atoms with van der Waals surface area (Å²) in [5.74, 6) is -0.998. The number of amides is 3. The zero-order valence-electron chi connectivity index (χ0n) is 9.37. The van der Waals surface area contributed by atoms with Crippen LogP contribution in [0.4, 0.5) is 9.18 Å². The maximum absolute atomic E-state index is 13.4. The number of aliphatic hydroxyl groups excluding tert-OH is 1. The number of urea groups is 1. The molecule has 5 nitrogen and oxygen atoms in total. The van der Waals surface area contributed by atoms with Crippen LogP contribution in [0.15, 0.2) is 18.2 Å². The summed E-state index contributed by atoms with van der Waals surface area (Å²) in [7, 11) is 0. The maximum Gasteiger partial charge on any atom is 0.322 e. The van der Waals surface area contributed by atoms with Gasteiger partial charge in [-0.3, -0.25) is 10.1 Å². The van der Waals surface area contributed by atoms with Crippen molar-refractivity contribution >= 4 is 11.9 Å². The Kier molecular flexibility index (Phi) is 2.18. The van der Waals surface area contributed by atoms with Crippen LogP contribution < -0.4 is 10.6 Å². The van der Waals surface area contributed by atoms with Crippen LogP contribution in [-0.4, -0.2) is 17.0 Å². The Morgan fingerprint density at radius 2 is 2.17 bits per heavy atom. The molecule has 1 heterocycles. The minimum atomic E-state index is -1.24. The van der Waals surface area contributed by atoms with Crippen molar-refractivity contribution in [2.75, 3.05) is 0 Å². The first-order chi connectivity index (χ1) is 8.53. The van der Waals surface area contributed by atoms with Crippen LogP contribution in [0.5, 0.6) is 0 Å². The van der Waals surface area contributed by atoms with E-state index in [1.807, 2.05) is 0 Å². The Bertz CT molecular complexity index is 560. The summed E-state index contributed by atoms with van der Waals surface area (Å²) < 4.78 is 13.4. The van der Waals surface area contributed by atoms with Crippen LogP contribution in [0.2, 0.25) is 0 Å². The predicted octanol–water partition coefficient (Wildman–Crippen LogP) is 0.688. The number of carbonyl (C=O) groups excluding carboxylic acids is 2. The number of halogens is 1. The van der Waals surface area contributed by atoms with Crippen LogP contribution in [0, 0.1) is 5.82 Å². The topological polar surface area (TPSA) is 78.4 Å². The van der Waals surface area contributed by atoms with Gasteiger partial charge in [-0.05, 0) is 36.1 Å². The van der Waals surface area contributed by atoms with E-state index in [0.717, 1.165) is 0 Å². The highest BCUT2D eigenvalue weighted by molar-refractivity contribution is 6.07. The third-order valence-corrected chi connectivity index (χ3v) is 3.57. The normalized spacial score (nSPS) is 30.0. The van der Waals surface area contributed by atoms with E-state index in [-0.39, 0.29) is 6.42 Å². The Morgan fingerprint density at radius 1 is 1.39 bits per heavy atom. The van der Waals surface area contributed by atoms with E-state index in [1.54, 1.807) is 0 Å². The van der Waals surface area contributed by atoms with E-state index >= 15 is 0 Å². The summed E-state index contributed by atoms with van der Waals surface area (Å²) in [5, 5.41) is 14.6. The average molecular weight is 250 g/mol. The smallest absolute Gasteiger partial charge is 0.322 e. The second-order valence-corrected chi connectivity index (χ2v) is 4.60. The van der Waals surface area contributed by atoms with Crippen molar-refractivity contribution in [1.29, 1.82) is 0 Å². The fraction of sp³-hybridized carbons (Fsp3) is 0.333. The van der Waals surface area contributed by atoms with Crippen molar-refractivity contribution in [3.8, 4) is 0 Å². The molecule has 2 aliphatic rings. The molecule has 94 valence electrons. The van der Waals surface area contributed by atoms with Gasteiger partial charge in [0.15, 0.2) is 0 Å². The van der Waals surface area contributed by atoms with Crippen molar-refractivity contribution in [3.63, 3.8) is 0 Å². The zero-order chi connectivity index (χ0) is 12.9. The molecule has 6 heteroatoms. The molecule has 1 aliphatic heterocycles. The van der Waals surface area contributed by atoms with Crippen molar-refractivity contribution in [2.45, 2.75) is 24.5 Å². The molecular weight excluding hydrogens is 239 g/mol. The van der Waals surface area contributed by atoms with Crippen molar-refractivity contribution in [3.05, 3.63) is 35.1 Å². The number of aliphatic hydroxyl groups is 1. The average Bonchev–Trinajstić information content (AvgIpc) is 2.60. The maximum atomic E-state index is 13.4. The highest BCUT2D eigenvalue weighted by Crippen LogP contribution is 2.42. The largest absolute Gasteiger partial charge is 0.388 e. The molecule has 2 atom stereocenters. The Hall–Kier alpha value is -1.95. The highest BCUT2D eigenvalue weighted by atomic mass is 19.1. The van der Waals surface area contributed by atoms with Gasteiger partial charge >= 0.3 is 6.03 Å². The fourth-order valence-corrected chi connectivity index (χ4v) is 2.69. The van der Waals surface area contributed by atoms with Gasteiger partial charge in [0.05, 0.1) is 6.10 Å². The molecule has 1 aromatic rings. The quantitative estimate of drug-likeness (QED) is 0.593. The summed E-state index contributed by atoms with van der Waals surface area (Å²) in [6, 6.07) is 3.29. The highest BCUT2D eigenvalue weighted by Gasteiger charge is 2.51. The van der Waals surface area contributed by atoms with E-state index in [9.17, 15) is 19.1 Å². The number of hydrogen-bond acceptors (Lipinski definition) is 3. The lowest BCUT2D eigenvalue weighted by molar-refractivity contribution is -0.125. The first-order valence-electron chi connectivity index (χ1n) is 5.64. The van der Waals surface area contributed by atoms with Crippen molar-refractivity contribution in [2.24, 2.45) is 0 Å². The minimum Gasteiger partial charge on any atom is -0.388 e. The second kappa shape index (κ2) is 3.52. The molecule has 0 saturated carbocycles. The number of fused-ring (bicyclic) bond motifs is 2. The molecule has 1 aromatic carbocycles. The molecule has 1 fully saturated rings. The van der Waals surface area contributed by atoms with Gasteiger partial charge in [-0.25, -0.2) is 9.18 Å². The molecule has 3 N–H and O–H groups in total.